The molecule has 15 heteroatoms. The van der Waals surface area contributed by atoms with Crippen LogP contribution in [0.2, 0.25) is 5.02 Å². The van der Waals surface area contributed by atoms with E-state index >= 15 is 0 Å². The van der Waals surface area contributed by atoms with Gasteiger partial charge in [0, 0.05) is 51.2 Å². The van der Waals surface area contributed by atoms with Crippen LogP contribution in [0.1, 0.15) is 53.5 Å². The van der Waals surface area contributed by atoms with Crippen LogP contribution in [0.4, 0.5) is 22.1 Å². The first-order valence-electron chi connectivity index (χ1n) is 15.2. The highest BCUT2D eigenvalue weighted by molar-refractivity contribution is 6.33. The van der Waals surface area contributed by atoms with Gasteiger partial charge in [0.25, 0.3) is 5.91 Å². The predicted molar refractivity (Wildman–Crippen MR) is 181 cm³/mol. The van der Waals surface area contributed by atoms with Crippen LogP contribution in [0.15, 0.2) is 30.7 Å². The van der Waals surface area contributed by atoms with E-state index in [0.29, 0.717) is 58.9 Å². The Bertz CT molecular complexity index is 1460. The fourth-order valence-corrected chi connectivity index (χ4v) is 4.46. The number of nitrogens with zero attached hydrogens (tertiary/aromatic N) is 4. The van der Waals surface area contributed by atoms with Gasteiger partial charge in [-0.1, -0.05) is 11.6 Å². The molecule has 2 aromatic rings. The molecule has 0 saturated heterocycles. The van der Waals surface area contributed by atoms with E-state index in [9.17, 15) is 19.5 Å². The quantitative estimate of drug-likeness (QED) is 0.167. The molecule has 4 N–H and O–H groups in total. The molecule has 2 heterocycles. The van der Waals surface area contributed by atoms with Crippen molar-refractivity contribution in [2.75, 3.05) is 62.8 Å². The first kappa shape index (κ1) is 37.3. The fourth-order valence-electron chi connectivity index (χ4n) is 4.29. The lowest BCUT2D eigenvalue weighted by molar-refractivity contribution is -0.155. The molecular weight excluding hydrogens is 630 g/mol. The molecule has 258 valence electrons. The number of amides is 2. The number of aliphatic hydroxyl groups is 1. The standard InChI is InChI=1S/C32H46ClN7O7/c1-31(2,3)46-25(42)11-13-39(7)17-21(41)18-45-24-15-20(9-10-23(24)33)35-16-22-26-27(36-19-37-28(26)38-29(22)43)34-12-14-40(8)30(44)47-32(4,5)6/h9-10,15-16,19,21,35,41H,11-14,17-18H2,1-8H3,(H2,34,36,37,38,43)/b22-16-. The second-order valence-corrected chi connectivity index (χ2v) is 13.5. The van der Waals surface area contributed by atoms with Crippen molar-refractivity contribution in [2.24, 2.45) is 0 Å². The zero-order valence-corrected chi connectivity index (χ0v) is 29.0. The molecule has 0 spiro atoms. The number of hydrogen-bond donors (Lipinski definition) is 4. The average Bonchev–Trinajstić information content (AvgIpc) is 3.28. The Kier molecular flexibility index (Phi) is 12.8. The summed E-state index contributed by atoms with van der Waals surface area (Å²) in [4.78, 5) is 48.9. The normalized spacial score (nSPS) is 14.4. The van der Waals surface area contributed by atoms with E-state index in [1.165, 1.54) is 17.4 Å². The van der Waals surface area contributed by atoms with Gasteiger partial charge in [0.15, 0.2) is 0 Å². The largest absolute Gasteiger partial charge is 0.489 e. The minimum atomic E-state index is -0.845. The molecule has 0 radical (unpaired) electrons. The lowest BCUT2D eigenvalue weighted by atomic mass is 10.1. The van der Waals surface area contributed by atoms with Crippen molar-refractivity contribution in [1.29, 1.82) is 0 Å². The van der Waals surface area contributed by atoms with Crippen molar-refractivity contribution in [1.82, 2.24) is 19.8 Å². The third-order valence-corrected chi connectivity index (χ3v) is 6.74. The van der Waals surface area contributed by atoms with E-state index in [-0.39, 0.29) is 31.4 Å². The number of aliphatic hydroxyl groups excluding tert-OH is 1. The monoisotopic (exact) mass is 675 g/mol. The third kappa shape index (κ3) is 12.2. The summed E-state index contributed by atoms with van der Waals surface area (Å²) in [6.45, 7) is 12.2. The fraction of sp³-hybridized carbons (Fsp3) is 0.531. The number of nitrogens with one attached hydrogen (secondary N) is 3. The Morgan fingerprint density at radius 1 is 1.09 bits per heavy atom. The molecule has 1 aliphatic rings. The number of carbonyl (C=O) groups excluding carboxylic acids is 3. The third-order valence-electron chi connectivity index (χ3n) is 6.42. The molecule has 0 bridgehead atoms. The van der Waals surface area contributed by atoms with Crippen molar-refractivity contribution in [3.8, 4) is 5.75 Å². The summed E-state index contributed by atoms with van der Waals surface area (Å²) < 4.78 is 16.5. The van der Waals surface area contributed by atoms with Gasteiger partial charge in [-0.15, -0.1) is 0 Å². The van der Waals surface area contributed by atoms with Gasteiger partial charge in [-0.05, 0) is 60.7 Å². The number of ether oxygens (including phenoxy) is 3. The minimum Gasteiger partial charge on any atom is -0.489 e. The average molecular weight is 676 g/mol. The predicted octanol–water partition coefficient (Wildman–Crippen LogP) is 4.22. The first-order valence-corrected chi connectivity index (χ1v) is 15.6. The van der Waals surface area contributed by atoms with Gasteiger partial charge in [0.1, 0.15) is 47.6 Å². The van der Waals surface area contributed by atoms with Crippen LogP contribution in [0.5, 0.6) is 5.75 Å². The molecule has 0 saturated carbocycles. The van der Waals surface area contributed by atoms with E-state index < -0.39 is 23.4 Å². The Balaban J connectivity index is 1.59. The zero-order chi connectivity index (χ0) is 34.9. The lowest BCUT2D eigenvalue weighted by Gasteiger charge is -2.24. The minimum absolute atomic E-state index is 0.0354. The highest BCUT2D eigenvalue weighted by atomic mass is 35.5. The molecule has 0 aliphatic carbocycles. The number of likely N-dealkylation sites (N-methyl/N-ethyl adjacent to an activating group) is 2. The molecule has 0 fully saturated rings. The summed E-state index contributed by atoms with van der Waals surface area (Å²) in [5.74, 6) is 0.436. The van der Waals surface area contributed by atoms with Crippen LogP contribution in [-0.4, -0.2) is 107 Å². The smallest absolute Gasteiger partial charge is 0.410 e. The summed E-state index contributed by atoms with van der Waals surface area (Å²) in [5, 5.41) is 19.9. The van der Waals surface area contributed by atoms with Crippen molar-refractivity contribution in [3.05, 3.63) is 41.3 Å². The summed E-state index contributed by atoms with van der Waals surface area (Å²) in [5.41, 5.74) is 0.201. The highest BCUT2D eigenvalue weighted by Crippen LogP contribution is 2.35. The summed E-state index contributed by atoms with van der Waals surface area (Å²) in [6, 6.07) is 5.00. The number of esters is 1. The number of halogens is 1. The summed E-state index contributed by atoms with van der Waals surface area (Å²) in [6.07, 6.45) is 1.78. The van der Waals surface area contributed by atoms with Crippen LogP contribution in [0.25, 0.3) is 5.57 Å². The number of carbonyl (C=O) groups is 3. The first-order chi connectivity index (χ1) is 21.9. The molecule has 3 rings (SSSR count). The van der Waals surface area contributed by atoms with Gasteiger partial charge in [-0.3, -0.25) is 9.59 Å². The van der Waals surface area contributed by atoms with E-state index in [2.05, 4.69) is 25.9 Å². The number of fused-ring (bicyclic) bond motifs is 1. The van der Waals surface area contributed by atoms with E-state index in [1.54, 1.807) is 53.1 Å². The van der Waals surface area contributed by atoms with Crippen molar-refractivity contribution in [3.63, 3.8) is 0 Å². The molecule has 14 nitrogen and oxygen atoms in total. The van der Waals surface area contributed by atoms with Crippen molar-refractivity contribution in [2.45, 2.75) is 65.3 Å². The number of aromatic nitrogens is 2. The molecule has 1 aliphatic heterocycles. The van der Waals surface area contributed by atoms with E-state index in [0.717, 1.165) is 0 Å². The Morgan fingerprint density at radius 3 is 2.47 bits per heavy atom. The Hall–Kier alpha value is -4.14. The van der Waals surface area contributed by atoms with Gasteiger partial charge in [-0.2, -0.15) is 0 Å². The number of benzene rings is 1. The zero-order valence-electron chi connectivity index (χ0n) is 28.3. The highest BCUT2D eigenvalue weighted by Gasteiger charge is 2.29. The molecule has 47 heavy (non-hydrogen) atoms. The lowest BCUT2D eigenvalue weighted by Crippen LogP contribution is -2.36. The van der Waals surface area contributed by atoms with Crippen molar-refractivity contribution < 1.29 is 33.7 Å². The Morgan fingerprint density at radius 2 is 1.79 bits per heavy atom. The molecule has 1 atom stereocenters. The molecule has 1 unspecified atom stereocenters. The molecule has 2 amide bonds. The second-order valence-electron chi connectivity index (χ2n) is 13.1. The van der Waals surface area contributed by atoms with Gasteiger partial charge in [0.2, 0.25) is 0 Å². The maximum absolute atomic E-state index is 12.9. The molecule has 1 aromatic carbocycles. The number of anilines is 3. The summed E-state index contributed by atoms with van der Waals surface area (Å²) in [7, 11) is 3.43. The van der Waals surface area contributed by atoms with Crippen LogP contribution >= 0.6 is 11.6 Å². The van der Waals surface area contributed by atoms with Gasteiger partial charge >= 0.3 is 12.1 Å². The van der Waals surface area contributed by atoms with Crippen molar-refractivity contribution >= 4 is 52.5 Å². The molecular formula is C32H46ClN7O7. The van der Waals surface area contributed by atoms with Gasteiger partial charge < -0.3 is 45.1 Å². The molecule has 1 aromatic heterocycles. The van der Waals surface area contributed by atoms with Gasteiger partial charge in [0.05, 0.1) is 22.6 Å². The topological polar surface area (TPSA) is 167 Å². The number of hydrogen-bond acceptors (Lipinski definition) is 12. The second kappa shape index (κ2) is 16.1. The summed E-state index contributed by atoms with van der Waals surface area (Å²) >= 11 is 6.35. The van der Waals surface area contributed by atoms with Crippen LogP contribution in [-0.2, 0) is 19.1 Å². The maximum Gasteiger partial charge on any atom is 0.410 e. The van der Waals surface area contributed by atoms with Crippen LogP contribution in [0, 0.1) is 0 Å². The van der Waals surface area contributed by atoms with Crippen LogP contribution in [0.3, 0.4) is 0 Å². The maximum atomic E-state index is 12.9. The van der Waals surface area contributed by atoms with E-state index in [4.69, 9.17) is 25.8 Å². The number of rotatable bonds is 14. The van der Waals surface area contributed by atoms with E-state index in [1.807, 2.05) is 25.7 Å². The van der Waals surface area contributed by atoms with Crippen LogP contribution < -0.4 is 20.7 Å². The van der Waals surface area contributed by atoms with Gasteiger partial charge in [-0.25, -0.2) is 14.8 Å². The SMILES string of the molecule is CN(CCC(=O)OC(C)(C)C)CC(O)COc1cc(N/C=C2\C(=O)Nc3ncnc(NCCN(C)C(=O)OC(C)(C)C)c32)ccc1Cl. The Labute approximate surface area is 280 Å².